The molecule has 1 saturated heterocycles. The molecule has 144 valence electrons. The highest BCUT2D eigenvalue weighted by molar-refractivity contribution is 5.92. The molecule has 3 aromatic heterocycles. The molecule has 1 fully saturated rings. The molecule has 3 aromatic rings. The Kier molecular flexibility index (Phi) is 4.85. The summed E-state index contributed by atoms with van der Waals surface area (Å²) in [6.07, 6.45) is 4.35. The maximum atomic E-state index is 13.0. The molecule has 4 rings (SSSR count). The van der Waals surface area contributed by atoms with Gasteiger partial charge in [-0.25, -0.2) is 9.97 Å². The zero-order valence-corrected chi connectivity index (χ0v) is 16.2. The average Bonchev–Trinajstić information content (AvgIpc) is 3.06. The summed E-state index contributed by atoms with van der Waals surface area (Å²) in [5, 5.41) is 11.8. The minimum atomic E-state index is -0.192. The van der Waals surface area contributed by atoms with Gasteiger partial charge < -0.3 is 9.42 Å². The summed E-state index contributed by atoms with van der Waals surface area (Å²) in [5.41, 5.74) is 3.63. The number of hydrogen-bond acceptors (Lipinski definition) is 7. The van der Waals surface area contributed by atoms with Crippen LogP contribution in [0.2, 0.25) is 0 Å². The third-order valence-electron chi connectivity index (χ3n) is 5.01. The third kappa shape index (κ3) is 3.37. The van der Waals surface area contributed by atoms with Crippen molar-refractivity contribution in [2.24, 2.45) is 0 Å². The van der Waals surface area contributed by atoms with E-state index in [2.05, 4.69) is 20.3 Å². The van der Waals surface area contributed by atoms with Crippen molar-refractivity contribution in [3.05, 3.63) is 53.1 Å². The topological polar surface area (TPSA) is 97.9 Å². The van der Waals surface area contributed by atoms with Gasteiger partial charge in [-0.1, -0.05) is 5.16 Å². The maximum Gasteiger partial charge on any atom is 0.274 e. The summed E-state index contributed by atoms with van der Waals surface area (Å²) in [6.45, 7) is 6.35. The zero-order valence-electron chi connectivity index (χ0n) is 16.2. The first-order chi connectivity index (χ1) is 13.5. The molecule has 1 amide bonds. The lowest BCUT2D eigenvalue weighted by molar-refractivity contribution is 0.0592. The Bertz CT molecular complexity index is 982. The van der Waals surface area contributed by atoms with Gasteiger partial charge in [0, 0.05) is 18.4 Å². The Balaban J connectivity index is 1.73. The van der Waals surface area contributed by atoms with E-state index in [1.54, 1.807) is 18.3 Å². The van der Waals surface area contributed by atoms with E-state index in [0.717, 1.165) is 47.7 Å². The van der Waals surface area contributed by atoms with Crippen molar-refractivity contribution in [2.75, 3.05) is 6.54 Å². The van der Waals surface area contributed by atoms with E-state index in [9.17, 15) is 4.79 Å². The molecule has 1 unspecified atom stereocenters. The second-order valence-corrected chi connectivity index (χ2v) is 7.07. The van der Waals surface area contributed by atoms with E-state index in [-0.39, 0.29) is 11.9 Å². The molecule has 0 saturated carbocycles. The van der Waals surface area contributed by atoms with Crippen LogP contribution in [0.1, 0.15) is 58.8 Å². The van der Waals surface area contributed by atoms with Crippen LogP contribution in [0, 0.1) is 20.8 Å². The summed E-state index contributed by atoms with van der Waals surface area (Å²) >= 11 is 0. The van der Waals surface area contributed by atoms with Crippen LogP contribution in [0.3, 0.4) is 0 Å². The van der Waals surface area contributed by atoms with E-state index in [4.69, 9.17) is 9.51 Å². The number of likely N-dealkylation sites (tertiary alicyclic amines) is 1. The van der Waals surface area contributed by atoms with Crippen LogP contribution in [-0.2, 0) is 0 Å². The van der Waals surface area contributed by atoms with Gasteiger partial charge in [-0.3, -0.25) is 4.79 Å². The lowest BCUT2D eigenvalue weighted by Gasteiger charge is -2.34. The fourth-order valence-corrected chi connectivity index (χ4v) is 3.72. The maximum absolute atomic E-state index is 13.0. The largest absolute Gasteiger partial charge is 0.361 e. The van der Waals surface area contributed by atoms with Crippen LogP contribution < -0.4 is 0 Å². The fourth-order valence-electron chi connectivity index (χ4n) is 3.72. The van der Waals surface area contributed by atoms with Gasteiger partial charge in [0.2, 0.25) is 0 Å². The highest BCUT2D eigenvalue weighted by Gasteiger charge is 2.32. The second kappa shape index (κ2) is 7.46. The van der Waals surface area contributed by atoms with Crippen LogP contribution in [0.5, 0.6) is 0 Å². The number of nitrogens with zero attached hydrogens (tertiary/aromatic N) is 6. The molecule has 1 aliphatic heterocycles. The number of carbonyl (C=O) groups excluding carboxylic acids is 1. The van der Waals surface area contributed by atoms with Crippen molar-refractivity contribution >= 4 is 5.91 Å². The number of rotatable bonds is 3. The minimum absolute atomic E-state index is 0.137. The molecule has 0 radical (unpaired) electrons. The van der Waals surface area contributed by atoms with Gasteiger partial charge >= 0.3 is 0 Å². The molecule has 4 heterocycles. The molecule has 0 N–H and O–H groups in total. The SMILES string of the molecule is Cc1cc(-c2c(C)noc2C)nc(C2CCCCN2C(=O)c2cccnn2)n1. The van der Waals surface area contributed by atoms with Crippen LogP contribution in [0.25, 0.3) is 11.3 Å². The van der Waals surface area contributed by atoms with Crippen molar-refractivity contribution in [1.29, 1.82) is 0 Å². The van der Waals surface area contributed by atoms with E-state index < -0.39 is 0 Å². The molecule has 28 heavy (non-hydrogen) atoms. The number of piperidine rings is 1. The summed E-state index contributed by atoms with van der Waals surface area (Å²) < 4.78 is 5.30. The van der Waals surface area contributed by atoms with Gasteiger partial charge in [-0.2, -0.15) is 5.10 Å². The number of aromatic nitrogens is 5. The van der Waals surface area contributed by atoms with Crippen LogP contribution in [0.4, 0.5) is 0 Å². The fraction of sp³-hybridized carbons (Fsp3) is 0.400. The average molecular weight is 378 g/mol. The zero-order chi connectivity index (χ0) is 19.7. The number of hydrogen-bond donors (Lipinski definition) is 0. The molecule has 0 aromatic carbocycles. The molecule has 0 aliphatic carbocycles. The molecule has 8 heteroatoms. The lowest BCUT2D eigenvalue weighted by Crippen LogP contribution is -2.39. The summed E-state index contributed by atoms with van der Waals surface area (Å²) in [4.78, 5) is 24.3. The monoisotopic (exact) mass is 378 g/mol. The first kappa shape index (κ1) is 18.2. The van der Waals surface area contributed by atoms with Crippen molar-refractivity contribution in [2.45, 2.75) is 46.1 Å². The molecule has 1 atom stereocenters. The highest BCUT2D eigenvalue weighted by Crippen LogP contribution is 2.32. The summed E-state index contributed by atoms with van der Waals surface area (Å²) in [5.74, 6) is 1.23. The first-order valence-corrected chi connectivity index (χ1v) is 9.42. The Hall–Kier alpha value is -3.16. The Labute approximate surface area is 163 Å². The standard InChI is InChI=1S/C20H22N6O2/c1-12-11-16(18-13(2)25-28-14(18)3)23-19(22-12)17-8-4-5-10-26(17)20(27)15-7-6-9-21-24-15/h6-7,9,11,17H,4-5,8,10H2,1-3H3. The van der Waals surface area contributed by atoms with Crippen molar-refractivity contribution < 1.29 is 9.32 Å². The predicted molar refractivity (Wildman–Crippen MR) is 101 cm³/mol. The lowest BCUT2D eigenvalue weighted by atomic mass is 10.00. The third-order valence-corrected chi connectivity index (χ3v) is 5.01. The Morgan fingerprint density at radius 1 is 1.21 bits per heavy atom. The Morgan fingerprint density at radius 2 is 2.07 bits per heavy atom. The van der Waals surface area contributed by atoms with Gasteiger partial charge in [-0.05, 0) is 58.2 Å². The van der Waals surface area contributed by atoms with Gasteiger partial charge in [0.1, 0.15) is 5.76 Å². The van der Waals surface area contributed by atoms with E-state index in [1.807, 2.05) is 31.7 Å². The second-order valence-electron chi connectivity index (χ2n) is 7.07. The summed E-state index contributed by atoms with van der Waals surface area (Å²) in [7, 11) is 0. The van der Waals surface area contributed by atoms with Crippen LogP contribution in [0.15, 0.2) is 28.9 Å². The number of amides is 1. The first-order valence-electron chi connectivity index (χ1n) is 9.42. The number of carbonyl (C=O) groups is 1. The minimum Gasteiger partial charge on any atom is -0.361 e. The van der Waals surface area contributed by atoms with Crippen LogP contribution >= 0.6 is 0 Å². The van der Waals surface area contributed by atoms with Crippen LogP contribution in [-0.4, -0.2) is 42.7 Å². The van der Waals surface area contributed by atoms with Gasteiger partial charge in [0.25, 0.3) is 5.91 Å². The van der Waals surface area contributed by atoms with Crippen molar-refractivity contribution in [3.63, 3.8) is 0 Å². The smallest absolute Gasteiger partial charge is 0.274 e. The quantitative estimate of drug-likeness (QED) is 0.690. The molecule has 0 bridgehead atoms. The normalized spacial score (nSPS) is 17.0. The van der Waals surface area contributed by atoms with Gasteiger partial charge in [0.15, 0.2) is 11.5 Å². The summed E-state index contributed by atoms with van der Waals surface area (Å²) in [6, 6.07) is 5.14. The number of aryl methyl sites for hydroxylation is 3. The highest BCUT2D eigenvalue weighted by atomic mass is 16.5. The van der Waals surface area contributed by atoms with Crippen molar-refractivity contribution in [1.82, 2.24) is 30.2 Å². The molecule has 0 spiro atoms. The molecule has 8 nitrogen and oxygen atoms in total. The van der Waals surface area contributed by atoms with Gasteiger partial charge in [-0.15, -0.1) is 5.10 Å². The van der Waals surface area contributed by atoms with E-state index in [1.165, 1.54) is 0 Å². The molecular weight excluding hydrogens is 356 g/mol. The van der Waals surface area contributed by atoms with Gasteiger partial charge in [0.05, 0.1) is 23.0 Å². The molecular formula is C20H22N6O2. The molecule has 1 aliphatic rings. The predicted octanol–water partition coefficient (Wildman–Crippen LogP) is 3.21. The van der Waals surface area contributed by atoms with E-state index >= 15 is 0 Å². The van der Waals surface area contributed by atoms with Crippen molar-refractivity contribution in [3.8, 4) is 11.3 Å². The Morgan fingerprint density at radius 3 is 2.79 bits per heavy atom. The van der Waals surface area contributed by atoms with E-state index in [0.29, 0.717) is 18.1 Å².